The average molecular weight is 407 g/mol. The van der Waals surface area contributed by atoms with E-state index in [1.54, 1.807) is 23.7 Å². The molecule has 1 aromatic carbocycles. The second-order valence-electron chi connectivity index (χ2n) is 7.97. The zero-order chi connectivity index (χ0) is 19.7. The molecule has 28 heavy (non-hydrogen) atoms. The summed E-state index contributed by atoms with van der Waals surface area (Å²) in [5.41, 5.74) is 0.966. The molecule has 1 saturated heterocycles. The van der Waals surface area contributed by atoms with Crippen molar-refractivity contribution in [3.8, 4) is 0 Å². The first-order chi connectivity index (χ1) is 13.4. The summed E-state index contributed by atoms with van der Waals surface area (Å²) < 4.78 is 42.7. The van der Waals surface area contributed by atoms with Crippen molar-refractivity contribution in [3.63, 3.8) is 0 Å². The maximum absolute atomic E-state index is 13.4. The van der Waals surface area contributed by atoms with Crippen molar-refractivity contribution in [3.05, 3.63) is 48.2 Å². The maximum Gasteiger partial charge on any atom is 0.262 e. The minimum Gasteiger partial charge on any atom is -0.339 e. The summed E-state index contributed by atoms with van der Waals surface area (Å²) in [5, 5.41) is 3.79. The van der Waals surface area contributed by atoms with Crippen LogP contribution in [0.3, 0.4) is 0 Å². The molecule has 0 spiro atoms. The highest BCUT2D eigenvalue weighted by atomic mass is 32.2. The topological polar surface area (TPSA) is 67.2 Å². The average Bonchev–Trinajstić information content (AvgIpc) is 3.31. The standard InChI is InChI=1S/C20H27FN4O2S/c1-24-13-20(22-14-24)28(26,27)25-11-18(15-7-9-16(21)10-8-15)19(12-25)23-17-5-3-2-4-6-17/h7-10,13-14,17-19,23H,2-6,11-12H2,1H3. The molecule has 1 N–H and O–H groups in total. The van der Waals surface area contributed by atoms with Gasteiger partial charge in [0.05, 0.1) is 6.33 Å². The third-order valence-electron chi connectivity index (χ3n) is 5.92. The summed E-state index contributed by atoms with van der Waals surface area (Å²) in [6.45, 7) is 0.770. The van der Waals surface area contributed by atoms with Gasteiger partial charge in [0.2, 0.25) is 0 Å². The van der Waals surface area contributed by atoms with Gasteiger partial charge in [0.25, 0.3) is 10.0 Å². The molecule has 4 rings (SSSR count). The van der Waals surface area contributed by atoms with E-state index in [1.807, 2.05) is 0 Å². The summed E-state index contributed by atoms with van der Waals surface area (Å²) in [6, 6.07) is 6.86. The van der Waals surface area contributed by atoms with E-state index in [2.05, 4.69) is 10.3 Å². The van der Waals surface area contributed by atoms with Crippen LogP contribution in [0.25, 0.3) is 0 Å². The van der Waals surface area contributed by atoms with E-state index in [9.17, 15) is 12.8 Å². The van der Waals surface area contributed by atoms with Gasteiger partial charge in [0, 0.05) is 44.3 Å². The Hall–Kier alpha value is -1.77. The van der Waals surface area contributed by atoms with Gasteiger partial charge >= 0.3 is 0 Å². The Balaban J connectivity index is 1.59. The van der Waals surface area contributed by atoms with Crippen LogP contribution in [0.5, 0.6) is 0 Å². The zero-order valence-electron chi connectivity index (χ0n) is 16.1. The minimum atomic E-state index is -3.65. The first-order valence-electron chi connectivity index (χ1n) is 9.93. The van der Waals surface area contributed by atoms with Crippen molar-refractivity contribution >= 4 is 10.0 Å². The summed E-state index contributed by atoms with van der Waals surface area (Å²) in [4.78, 5) is 4.05. The third kappa shape index (κ3) is 3.99. The highest BCUT2D eigenvalue weighted by molar-refractivity contribution is 7.89. The summed E-state index contributed by atoms with van der Waals surface area (Å²) in [5.74, 6) is -0.294. The Morgan fingerprint density at radius 2 is 1.82 bits per heavy atom. The van der Waals surface area contributed by atoms with E-state index in [-0.39, 0.29) is 22.8 Å². The first-order valence-corrected chi connectivity index (χ1v) is 11.4. The number of sulfonamides is 1. The van der Waals surface area contributed by atoms with Crippen molar-refractivity contribution in [2.75, 3.05) is 13.1 Å². The number of nitrogens with zero attached hydrogens (tertiary/aromatic N) is 3. The lowest BCUT2D eigenvalue weighted by atomic mass is 9.90. The molecule has 1 saturated carbocycles. The van der Waals surface area contributed by atoms with E-state index >= 15 is 0 Å². The molecule has 0 radical (unpaired) electrons. The fraction of sp³-hybridized carbons (Fsp3) is 0.550. The van der Waals surface area contributed by atoms with Gasteiger partial charge in [-0.15, -0.1) is 0 Å². The number of benzene rings is 1. The first kappa shape index (κ1) is 19.5. The summed E-state index contributed by atoms with van der Waals surface area (Å²) >= 11 is 0. The molecule has 2 aromatic rings. The van der Waals surface area contributed by atoms with E-state index in [0.717, 1.165) is 18.4 Å². The predicted octanol–water partition coefficient (Wildman–Crippen LogP) is 2.64. The molecule has 6 nitrogen and oxygen atoms in total. The molecule has 0 amide bonds. The molecular formula is C20H27FN4O2S. The molecule has 152 valence electrons. The lowest BCUT2D eigenvalue weighted by Gasteiger charge is -2.29. The number of halogens is 1. The number of aromatic nitrogens is 2. The Kier molecular flexibility index (Phi) is 5.53. The fourth-order valence-electron chi connectivity index (χ4n) is 4.41. The van der Waals surface area contributed by atoms with E-state index in [4.69, 9.17) is 0 Å². The van der Waals surface area contributed by atoms with Crippen LogP contribution < -0.4 is 5.32 Å². The highest BCUT2D eigenvalue weighted by Gasteiger charge is 2.41. The third-order valence-corrected chi connectivity index (χ3v) is 7.64. The van der Waals surface area contributed by atoms with Crippen molar-refractivity contribution < 1.29 is 12.8 Å². The van der Waals surface area contributed by atoms with Gasteiger partial charge in [-0.25, -0.2) is 17.8 Å². The van der Waals surface area contributed by atoms with Crippen LogP contribution >= 0.6 is 0 Å². The summed E-state index contributed by atoms with van der Waals surface area (Å²) in [6.07, 6.45) is 8.97. The van der Waals surface area contributed by atoms with Crippen LogP contribution in [0.2, 0.25) is 0 Å². The van der Waals surface area contributed by atoms with Gasteiger partial charge in [-0.3, -0.25) is 0 Å². The molecule has 2 atom stereocenters. The number of hydrogen-bond donors (Lipinski definition) is 1. The number of nitrogens with one attached hydrogen (secondary N) is 1. The molecule has 2 unspecified atom stereocenters. The van der Waals surface area contributed by atoms with E-state index in [0.29, 0.717) is 19.1 Å². The number of aryl methyl sites for hydroxylation is 1. The molecule has 1 aromatic heterocycles. The van der Waals surface area contributed by atoms with E-state index < -0.39 is 10.0 Å². The molecule has 8 heteroatoms. The fourth-order valence-corrected chi connectivity index (χ4v) is 5.86. The second kappa shape index (κ2) is 7.93. The Morgan fingerprint density at radius 1 is 1.11 bits per heavy atom. The molecule has 1 aliphatic heterocycles. The van der Waals surface area contributed by atoms with Gasteiger partial charge in [-0.1, -0.05) is 31.4 Å². The molecule has 1 aliphatic carbocycles. The van der Waals surface area contributed by atoms with Crippen LogP contribution in [0.4, 0.5) is 4.39 Å². The van der Waals surface area contributed by atoms with Gasteiger partial charge in [0.1, 0.15) is 5.82 Å². The van der Waals surface area contributed by atoms with Crippen LogP contribution in [0.15, 0.2) is 41.8 Å². The largest absolute Gasteiger partial charge is 0.339 e. The van der Waals surface area contributed by atoms with E-state index in [1.165, 1.54) is 48.2 Å². The minimum absolute atomic E-state index is 0.00653. The van der Waals surface area contributed by atoms with Gasteiger partial charge in [-0.2, -0.15) is 4.31 Å². The smallest absolute Gasteiger partial charge is 0.262 e. The SMILES string of the molecule is Cn1cnc(S(=O)(=O)N2CC(NC3CCCCC3)C(c3ccc(F)cc3)C2)c1. The lowest BCUT2D eigenvalue weighted by Crippen LogP contribution is -2.43. The van der Waals surface area contributed by atoms with Crippen molar-refractivity contribution in [2.45, 2.75) is 55.1 Å². The van der Waals surface area contributed by atoms with Crippen LogP contribution in [0.1, 0.15) is 43.6 Å². The second-order valence-corrected chi connectivity index (χ2v) is 9.85. The van der Waals surface area contributed by atoms with Gasteiger partial charge in [0.15, 0.2) is 5.03 Å². The normalized spacial score (nSPS) is 24.6. The maximum atomic E-state index is 13.4. The Morgan fingerprint density at radius 3 is 2.46 bits per heavy atom. The van der Waals surface area contributed by atoms with Gasteiger partial charge in [-0.05, 0) is 30.5 Å². The van der Waals surface area contributed by atoms with Gasteiger partial charge < -0.3 is 9.88 Å². The van der Waals surface area contributed by atoms with Crippen molar-refractivity contribution in [1.29, 1.82) is 0 Å². The predicted molar refractivity (Wildman–Crippen MR) is 105 cm³/mol. The number of hydrogen-bond acceptors (Lipinski definition) is 4. The summed E-state index contributed by atoms with van der Waals surface area (Å²) in [7, 11) is -1.90. The number of imidazole rings is 1. The van der Waals surface area contributed by atoms with Crippen molar-refractivity contribution in [2.24, 2.45) is 7.05 Å². The Labute approximate surface area is 165 Å². The zero-order valence-corrected chi connectivity index (χ0v) is 16.9. The molecular weight excluding hydrogens is 379 g/mol. The quantitative estimate of drug-likeness (QED) is 0.829. The van der Waals surface area contributed by atoms with Crippen LogP contribution in [-0.2, 0) is 17.1 Å². The highest BCUT2D eigenvalue weighted by Crippen LogP contribution is 2.32. The van der Waals surface area contributed by atoms with Crippen LogP contribution in [0, 0.1) is 5.82 Å². The molecule has 0 bridgehead atoms. The lowest BCUT2D eigenvalue weighted by molar-refractivity contribution is 0.329. The van der Waals surface area contributed by atoms with Crippen molar-refractivity contribution in [1.82, 2.24) is 19.2 Å². The van der Waals surface area contributed by atoms with Crippen LogP contribution in [-0.4, -0.2) is 47.4 Å². The molecule has 2 heterocycles. The number of rotatable bonds is 5. The monoisotopic (exact) mass is 406 g/mol. The molecule has 2 fully saturated rings. The Bertz CT molecular complexity index is 907. The molecule has 2 aliphatic rings.